The van der Waals surface area contributed by atoms with Gasteiger partial charge in [-0.15, -0.1) is 0 Å². The molecule has 0 radical (unpaired) electrons. The van der Waals surface area contributed by atoms with Gasteiger partial charge in [-0.2, -0.15) is 0 Å². The van der Waals surface area contributed by atoms with Crippen LogP contribution in [0.15, 0.2) is 24.3 Å². The van der Waals surface area contributed by atoms with Crippen molar-refractivity contribution in [1.29, 1.82) is 0 Å². The van der Waals surface area contributed by atoms with E-state index in [-0.39, 0.29) is 0 Å². The number of Topliss-reactive ketones (excluding diaryl/α,β-unsaturated/α-hetero) is 1. The third kappa shape index (κ3) is 3.94. The second-order valence-corrected chi connectivity index (χ2v) is 7.71. The molecule has 0 amide bonds. The zero-order valence-electron chi connectivity index (χ0n) is 13.4. The van der Waals surface area contributed by atoms with Gasteiger partial charge in [0, 0.05) is 12.0 Å². The van der Waals surface area contributed by atoms with Crippen molar-refractivity contribution in [3.8, 4) is 0 Å². The van der Waals surface area contributed by atoms with Gasteiger partial charge in [-0.1, -0.05) is 58.4 Å². The molecule has 1 aliphatic carbocycles. The van der Waals surface area contributed by atoms with E-state index in [1.165, 1.54) is 24.8 Å². The predicted octanol–water partition coefficient (Wildman–Crippen LogP) is 5.60. The van der Waals surface area contributed by atoms with Gasteiger partial charge in [0.25, 0.3) is 0 Å². The summed E-state index contributed by atoms with van der Waals surface area (Å²) in [7, 11) is 0. The molecule has 110 valence electrons. The number of carbonyl (C=O) groups excluding carboxylic acids is 1. The Morgan fingerprint density at radius 1 is 1.25 bits per heavy atom. The van der Waals surface area contributed by atoms with Gasteiger partial charge in [-0.05, 0) is 42.1 Å². The van der Waals surface area contributed by atoms with Crippen LogP contribution in [0, 0.1) is 11.3 Å². The Bertz CT molecular complexity index is 463. The topological polar surface area (TPSA) is 17.1 Å². The number of carbonyl (C=O) groups is 1. The van der Waals surface area contributed by atoms with E-state index in [9.17, 15) is 4.79 Å². The fourth-order valence-electron chi connectivity index (χ4n) is 3.37. The van der Waals surface area contributed by atoms with E-state index in [1.807, 2.05) is 12.1 Å². The van der Waals surface area contributed by atoms with Crippen molar-refractivity contribution < 1.29 is 4.79 Å². The van der Waals surface area contributed by atoms with Gasteiger partial charge in [0.1, 0.15) is 0 Å². The summed E-state index contributed by atoms with van der Waals surface area (Å²) in [4.78, 5) is 12.6. The van der Waals surface area contributed by atoms with E-state index >= 15 is 0 Å². The number of ketones is 1. The summed E-state index contributed by atoms with van der Waals surface area (Å²) in [6.45, 7) is 8.94. The summed E-state index contributed by atoms with van der Waals surface area (Å²) in [5.41, 5.74) is 2.58. The van der Waals surface area contributed by atoms with Crippen molar-refractivity contribution >= 4 is 5.78 Å². The minimum Gasteiger partial charge on any atom is -0.294 e. The van der Waals surface area contributed by atoms with Crippen LogP contribution < -0.4 is 0 Å². The summed E-state index contributed by atoms with van der Waals surface area (Å²) in [5.74, 6) is 1.43. The monoisotopic (exact) mass is 272 g/mol. The Labute approximate surface area is 123 Å². The summed E-state index contributed by atoms with van der Waals surface area (Å²) in [6, 6.07) is 8.26. The molecule has 20 heavy (non-hydrogen) atoms. The second kappa shape index (κ2) is 6.11. The number of benzene rings is 1. The average Bonchev–Trinajstić information content (AvgIpc) is 2.24. The molecule has 1 aromatic carbocycles. The smallest absolute Gasteiger partial charge is 0.163 e. The van der Waals surface area contributed by atoms with Crippen LogP contribution in [0.3, 0.4) is 0 Å². The maximum absolute atomic E-state index is 12.6. The molecule has 1 atom stereocenters. The molecule has 1 fully saturated rings. The molecular formula is C19H28O. The largest absolute Gasteiger partial charge is 0.294 e. The fourth-order valence-corrected chi connectivity index (χ4v) is 3.37. The highest BCUT2D eigenvalue weighted by Gasteiger charge is 2.25. The number of rotatable bonds is 5. The first-order chi connectivity index (χ1) is 9.37. The van der Waals surface area contributed by atoms with Gasteiger partial charge in [-0.25, -0.2) is 0 Å². The van der Waals surface area contributed by atoms with Crippen LogP contribution in [0.2, 0.25) is 0 Å². The molecule has 0 heterocycles. The molecule has 1 aromatic rings. The Morgan fingerprint density at radius 2 is 1.90 bits per heavy atom. The molecule has 0 bridgehead atoms. The van der Waals surface area contributed by atoms with Crippen molar-refractivity contribution in [2.45, 2.75) is 65.7 Å². The molecule has 0 aromatic heterocycles. The van der Waals surface area contributed by atoms with Crippen molar-refractivity contribution in [3.05, 3.63) is 35.4 Å². The van der Waals surface area contributed by atoms with E-state index in [0.29, 0.717) is 29.5 Å². The van der Waals surface area contributed by atoms with Gasteiger partial charge in [0.05, 0.1) is 0 Å². The van der Waals surface area contributed by atoms with Gasteiger partial charge in [0.15, 0.2) is 5.78 Å². The number of hydrogen-bond donors (Lipinski definition) is 0. The molecule has 2 rings (SSSR count). The quantitative estimate of drug-likeness (QED) is 0.638. The third-order valence-electron chi connectivity index (χ3n) is 4.30. The molecule has 0 saturated heterocycles. The molecule has 1 aliphatic rings. The highest BCUT2D eigenvalue weighted by Crippen LogP contribution is 2.38. The Kier molecular flexibility index (Phi) is 4.67. The zero-order valence-corrected chi connectivity index (χ0v) is 13.4. The molecule has 1 saturated carbocycles. The van der Waals surface area contributed by atoms with E-state index in [0.717, 1.165) is 12.0 Å². The molecule has 1 unspecified atom stereocenters. The summed E-state index contributed by atoms with van der Waals surface area (Å²) in [6.07, 6.45) is 5.60. The minimum atomic E-state index is 0.299. The maximum Gasteiger partial charge on any atom is 0.163 e. The first-order valence-electron chi connectivity index (χ1n) is 7.99. The molecule has 1 nitrogen and oxygen atoms in total. The van der Waals surface area contributed by atoms with Gasteiger partial charge in [-0.3, -0.25) is 4.79 Å². The normalized spacial score (nSPS) is 17.6. The Balaban J connectivity index is 2.05. The van der Waals surface area contributed by atoms with Gasteiger partial charge in [0.2, 0.25) is 0 Å². The van der Waals surface area contributed by atoms with E-state index in [4.69, 9.17) is 0 Å². The van der Waals surface area contributed by atoms with Crippen LogP contribution in [0.5, 0.6) is 0 Å². The lowest BCUT2D eigenvalue weighted by Crippen LogP contribution is -2.17. The minimum absolute atomic E-state index is 0.299. The van der Waals surface area contributed by atoms with Crippen molar-refractivity contribution in [2.75, 3.05) is 0 Å². The predicted molar refractivity (Wildman–Crippen MR) is 85.2 cm³/mol. The number of hydrogen-bond acceptors (Lipinski definition) is 1. The van der Waals surface area contributed by atoms with Crippen LogP contribution in [0.25, 0.3) is 0 Å². The third-order valence-corrected chi connectivity index (χ3v) is 4.30. The average molecular weight is 272 g/mol. The SMILES string of the molecule is CC(CC(=O)c1ccccc1C1CCC1)CC(C)(C)C. The first kappa shape index (κ1) is 15.3. The highest BCUT2D eigenvalue weighted by atomic mass is 16.1. The lowest BCUT2D eigenvalue weighted by molar-refractivity contribution is 0.0952. The van der Waals surface area contributed by atoms with Crippen molar-refractivity contribution in [3.63, 3.8) is 0 Å². The molecular weight excluding hydrogens is 244 g/mol. The van der Waals surface area contributed by atoms with Crippen molar-refractivity contribution in [1.82, 2.24) is 0 Å². The van der Waals surface area contributed by atoms with Gasteiger partial charge >= 0.3 is 0 Å². The van der Waals surface area contributed by atoms with Crippen LogP contribution in [-0.2, 0) is 0 Å². The Morgan fingerprint density at radius 3 is 2.45 bits per heavy atom. The summed E-state index contributed by atoms with van der Waals surface area (Å²) < 4.78 is 0. The maximum atomic E-state index is 12.6. The lowest BCUT2D eigenvalue weighted by Gasteiger charge is -2.28. The second-order valence-electron chi connectivity index (χ2n) is 7.71. The molecule has 0 N–H and O–H groups in total. The summed E-state index contributed by atoms with van der Waals surface area (Å²) >= 11 is 0. The molecule has 1 heteroatoms. The molecule has 0 aliphatic heterocycles. The van der Waals surface area contributed by atoms with E-state index in [2.05, 4.69) is 39.8 Å². The standard InChI is InChI=1S/C19H28O/c1-14(13-19(2,3)4)12-18(20)17-11-6-5-10-16(17)15-8-7-9-15/h5-6,10-11,14-15H,7-9,12-13H2,1-4H3. The fraction of sp³-hybridized carbons (Fsp3) is 0.632. The van der Waals surface area contributed by atoms with Crippen LogP contribution in [0.4, 0.5) is 0 Å². The van der Waals surface area contributed by atoms with Gasteiger partial charge < -0.3 is 0 Å². The van der Waals surface area contributed by atoms with E-state index < -0.39 is 0 Å². The molecule has 0 spiro atoms. The van der Waals surface area contributed by atoms with Crippen LogP contribution in [-0.4, -0.2) is 5.78 Å². The summed E-state index contributed by atoms with van der Waals surface area (Å²) in [5, 5.41) is 0. The van der Waals surface area contributed by atoms with Crippen LogP contribution >= 0.6 is 0 Å². The van der Waals surface area contributed by atoms with Crippen molar-refractivity contribution in [2.24, 2.45) is 11.3 Å². The lowest BCUT2D eigenvalue weighted by atomic mass is 9.76. The Hall–Kier alpha value is -1.11. The first-order valence-corrected chi connectivity index (χ1v) is 7.99. The zero-order chi connectivity index (χ0) is 14.8. The van der Waals surface area contributed by atoms with Crippen LogP contribution in [0.1, 0.15) is 81.6 Å². The van der Waals surface area contributed by atoms with E-state index in [1.54, 1.807) is 0 Å². The highest BCUT2D eigenvalue weighted by molar-refractivity contribution is 5.97.